The predicted molar refractivity (Wildman–Crippen MR) is 49.3 cm³/mol. The highest BCUT2D eigenvalue weighted by Crippen LogP contribution is 2.24. The van der Waals surface area contributed by atoms with Crippen LogP contribution >= 0.6 is 0 Å². The molecule has 0 spiro atoms. The fourth-order valence-corrected chi connectivity index (χ4v) is 1.75. The monoisotopic (exact) mass is 181 g/mol. The summed E-state index contributed by atoms with van der Waals surface area (Å²) in [4.78, 5) is 7.19. The molecule has 3 N–H and O–H groups in total. The number of H-pyrrole nitrogens is 1. The summed E-state index contributed by atoms with van der Waals surface area (Å²) in [6.45, 7) is 3.83. The molecule has 0 saturated carbocycles. The van der Waals surface area contributed by atoms with E-state index >= 15 is 0 Å². The minimum Gasteiger partial charge on any atom is -0.385 e. The number of aryl methyl sites for hydroxylation is 1. The molecule has 0 aliphatic carbocycles. The quantitative estimate of drug-likeness (QED) is 0.617. The zero-order valence-corrected chi connectivity index (χ0v) is 7.75. The Balaban J connectivity index is 2.07. The van der Waals surface area contributed by atoms with E-state index < -0.39 is 6.10 Å². The van der Waals surface area contributed by atoms with Crippen molar-refractivity contribution >= 4 is 0 Å². The summed E-state index contributed by atoms with van der Waals surface area (Å²) in [7, 11) is 0. The zero-order valence-electron chi connectivity index (χ0n) is 7.75. The Morgan fingerprint density at radius 1 is 1.69 bits per heavy atom. The molecule has 2 atom stereocenters. The number of hydrogen-bond acceptors (Lipinski definition) is 3. The van der Waals surface area contributed by atoms with E-state index in [1.165, 1.54) is 0 Å². The highest BCUT2D eigenvalue weighted by molar-refractivity contribution is 5.03. The maximum absolute atomic E-state index is 9.90. The maximum Gasteiger partial charge on any atom is 0.135 e. The Kier molecular flexibility index (Phi) is 2.33. The van der Waals surface area contributed by atoms with Crippen molar-refractivity contribution in [3.8, 4) is 0 Å². The molecule has 1 aliphatic heterocycles. The van der Waals surface area contributed by atoms with Gasteiger partial charge in [-0.05, 0) is 19.9 Å². The summed E-state index contributed by atoms with van der Waals surface area (Å²) in [5.41, 5.74) is 1.00. The first-order valence-corrected chi connectivity index (χ1v) is 4.67. The van der Waals surface area contributed by atoms with Crippen LogP contribution in [-0.4, -0.2) is 28.2 Å². The predicted octanol–water partition coefficient (Wildman–Crippen LogP) is 0.361. The second-order valence-electron chi connectivity index (χ2n) is 3.65. The Bertz CT molecular complexity index is 278. The average Bonchev–Trinajstić information content (AvgIpc) is 2.72. The Morgan fingerprint density at radius 3 is 3.08 bits per heavy atom. The van der Waals surface area contributed by atoms with E-state index in [0.717, 1.165) is 25.2 Å². The van der Waals surface area contributed by atoms with Crippen molar-refractivity contribution < 1.29 is 5.11 Å². The molecule has 4 heteroatoms. The number of aromatic amines is 1. The van der Waals surface area contributed by atoms with Gasteiger partial charge in [-0.3, -0.25) is 0 Å². The fraction of sp³-hybridized carbons (Fsp3) is 0.667. The number of hydrogen-bond donors (Lipinski definition) is 3. The molecule has 1 saturated heterocycles. The van der Waals surface area contributed by atoms with Crippen LogP contribution in [0.15, 0.2) is 6.20 Å². The maximum atomic E-state index is 9.90. The minimum absolute atomic E-state index is 0.311. The molecule has 0 aromatic carbocycles. The normalized spacial score (nSPS) is 24.9. The molecule has 1 aromatic heterocycles. The first kappa shape index (κ1) is 8.72. The zero-order chi connectivity index (χ0) is 9.26. The average molecular weight is 181 g/mol. The minimum atomic E-state index is -0.441. The van der Waals surface area contributed by atoms with Crippen LogP contribution in [-0.2, 0) is 0 Å². The number of nitrogens with zero attached hydrogens (tertiary/aromatic N) is 1. The van der Waals surface area contributed by atoms with Gasteiger partial charge in [0.2, 0.25) is 0 Å². The molecule has 13 heavy (non-hydrogen) atoms. The van der Waals surface area contributed by atoms with Gasteiger partial charge < -0.3 is 15.4 Å². The van der Waals surface area contributed by atoms with E-state index in [9.17, 15) is 5.11 Å². The van der Waals surface area contributed by atoms with Crippen molar-refractivity contribution in [2.75, 3.05) is 13.1 Å². The van der Waals surface area contributed by atoms with E-state index in [2.05, 4.69) is 15.3 Å². The number of nitrogens with one attached hydrogen (secondary N) is 2. The van der Waals surface area contributed by atoms with Crippen LogP contribution in [0.4, 0.5) is 0 Å². The SMILES string of the molecule is Cc1cnc(C(O)C2CCNC2)[nH]1. The molecule has 2 rings (SSSR count). The fourth-order valence-electron chi connectivity index (χ4n) is 1.75. The number of aliphatic hydroxyl groups excluding tert-OH is 1. The van der Waals surface area contributed by atoms with Crippen molar-refractivity contribution in [2.24, 2.45) is 5.92 Å². The van der Waals surface area contributed by atoms with Crippen LogP contribution < -0.4 is 5.32 Å². The second-order valence-corrected chi connectivity index (χ2v) is 3.65. The summed E-state index contributed by atoms with van der Waals surface area (Å²) in [5, 5.41) is 13.1. The third-order valence-electron chi connectivity index (χ3n) is 2.55. The van der Waals surface area contributed by atoms with Crippen molar-refractivity contribution in [3.63, 3.8) is 0 Å². The lowest BCUT2D eigenvalue weighted by atomic mass is 10.0. The molecule has 1 fully saturated rings. The van der Waals surface area contributed by atoms with Crippen LogP contribution in [0.5, 0.6) is 0 Å². The lowest BCUT2D eigenvalue weighted by molar-refractivity contribution is 0.110. The van der Waals surface area contributed by atoms with Gasteiger partial charge in [0.05, 0.1) is 0 Å². The molecular formula is C9H15N3O. The van der Waals surface area contributed by atoms with E-state index in [1.807, 2.05) is 6.92 Å². The first-order valence-electron chi connectivity index (χ1n) is 4.67. The molecule has 1 aromatic rings. The molecule has 2 unspecified atom stereocenters. The van der Waals surface area contributed by atoms with E-state index in [4.69, 9.17) is 0 Å². The van der Waals surface area contributed by atoms with Gasteiger partial charge in [-0.25, -0.2) is 4.98 Å². The third kappa shape index (κ3) is 1.73. The number of aliphatic hydroxyl groups is 1. The Morgan fingerprint density at radius 2 is 2.54 bits per heavy atom. The van der Waals surface area contributed by atoms with Crippen LogP contribution in [0.3, 0.4) is 0 Å². The molecule has 2 heterocycles. The van der Waals surface area contributed by atoms with Crippen molar-refractivity contribution in [3.05, 3.63) is 17.7 Å². The van der Waals surface area contributed by atoms with Crippen molar-refractivity contribution in [1.82, 2.24) is 15.3 Å². The highest BCUT2D eigenvalue weighted by Gasteiger charge is 2.25. The number of imidazole rings is 1. The molecule has 0 amide bonds. The van der Waals surface area contributed by atoms with Crippen LogP contribution in [0.1, 0.15) is 24.0 Å². The van der Waals surface area contributed by atoms with Gasteiger partial charge in [-0.15, -0.1) is 0 Å². The molecule has 4 nitrogen and oxygen atoms in total. The van der Waals surface area contributed by atoms with E-state index in [-0.39, 0.29) is 0 Å². The number of aromatic nitrogens is 2. The summed E-state index contributed by atoms with van der Waals surface area (Å²) >= 11 is 0. The summed E-state index contributed by atoms with van der Waals surface area (Å²) < 4.78 is 0. The topological polar surface area (TPSA) is 60.9 Å². The van der Waals surface area contributed by atoms with Gasteiger partial charge >= 0.3 is 0 Å². The van der Waals surface area contributed by atoms with Gasteiger partial charge in [0.1, 0.15) is 11.9 Å². The van der Waals surface area contributed by atoms with Gasteiger partial charge in [0, 0.05) is 24.4 Å². The summed E-state index contributed by atoms with van der Waals surface area (Å²) in [5.74, 6) is 1.01. The van der Waals surface area contributed by atoms with Gasteiger partial charge in [0.15, 0.2) is 0 Å². The Hall–Kier alpha value is -0.870. The highest BCUT2D eigenvalue weighted by atomic mass is 16.3. The summed E-state index contributed by atoms with van der Waals surface area (Å²) in [6.07, 6.45) is 2.34. The number of rotatable bonds is 2. The lowest BCUT2D eigenvalue weighted by Crippen LogP contribution is -2.17. The standard InChI is InChI=1S/C9H15N3O/c1-6-4-11-9(12-6)8(13)7-2-3-10-5-7/h4,7-8,10,13H,2-3,5H2,1H3,(H,11,12). The molecule has 1 aliphatic rings. The van der Waals surface area contributed by atoms with Crippen LogP contribution in [0.2, 0.25) is 0 Å². The van der Waals surface area contributed by atoms with Gasteiger partial charge in [0.25, 0.3) is 0 Å². The van der Waals surface area contributed by atoms with E-state index in [0.29, 0.717) is 11.7 Å². The smallest absolute Gasteiger partial charge is 0.135 e. The largest absolute Gasteiger partial charge is 0.385 e. The van der Waals surface area contributed by atoms with Crippen LogP contribution in [0, 0.1) is 12.8 Å². The first-order chi connectivity index (χ1) is 6.27. The van der Waals surface area contributed by atoms with Gasteiger partial charge in [-0.2, -0.15) is 0 Å². The second kappa shape index (κ2) is 3.47. The van der Waals surface area contributed by atoms with Crippen molar-refractivity contribution in [2.45, 2.75) is 19.4 Å². The summed E-state index contributed by atoms with van der Waals surface area (Å²) in [6, 6.07) is 0. The molecule has 72 valence electrons. The molecular weight excluding hydrogens is 166 g/mol. The molecule has 0 bridgehead atoms. The lowest BCUT2D eigenvalue weighted by Gasteiger charge is -2.13. The van der Waals surface area contributed by atoms with Gasteiger partial charge in [-0.1, -0.05) is 0 Å². The molecule has 0 radical (unpaired) electrons. The Labute approximate surface area is 77.4 Å². The van der Waals surface area contributed by atoms with Crippen molar-refractivity contribution in [1.29, 1.82) is 0 Å². The van der Waals surface area contributed by atoms with Crippen LogP contribution in [0.25, 0.3) is 0 Å². The van der Waals surface area contributed by atoms with E-state index in [1.54, 1.807) is 6.20 Å². The third-order valence-corrected chi connectivity index (χ3v) is 2.55.